The molecular weight excluding hydrogens is 176 g/mol. The monoisotopic (exact) mass is 198 g/mol. The van der Waals surface area contributed by atoms with Gasteiger partial charge in [-0.1, -0.05) is 13.3 Å². The maximum absolute atomic E-state index is 11.4. The Labute approximate surface area is 86.9 Å². The number of nitrogens with zero attached hydrogens (tertiary/aromatic N) is 1. The quantitative estimate of drug-likeness (QED) is 0.743. The van der Waals surface area contributed by atoms with Gasteiger partial charge in [0.2, 0.25) is 5.91 Å². The van der Waals surface area contributed by atoms with Crippen LogP contribution in [0.15, 0.2) is 0 Å². The molecule has 0 aromatic carbocycles. The molecule has 14 heavy (non-hydrogen) atoms. The van der Waals surface area contributed by atoms with Crippen LogP contribution in [0.25, 0.3) is 0 Å². The van der Waals surface area contributed by atoms with Crippen LogP contribution in [-0.2, 0) is 4.79 Å². The van der Waals surface area contributed by atoms with Gasteiger partial charge in [-0.15, -0.1) is 0 Å². The molecule has 1 unspecified atom stereocenters. The third-order valence-corrected chi connectivity index (χ3v) is 2.72. The van der Waals surface area contributed by atoms with Crippen molar-refractivity contribution in [1.82, 2.24) is 10.2 Å². The molecule has 1 atom stereocenters. The molecule has 1 amide bonds. The summed E-state index contributed by atoms with van der Waals surface area (Å²) < 4.78 is 0. The lowest BCUT2D eigenvalue weighted by molar-refractivity contribution is -0.121. The van der Waals surface area contributed by atoms with E-state index in [1.54, 1.807) is 0 Å². The van der Waals surface area contributed by atoms with Gasteiger partial charge in [0.1, 0.15) is 0 Å². The lowest BCUT2D eigenvalue weighted by Gasteiger charge is -2.20. The summed E-state index contributed by atoms with van der Waals surface area (Å²) in [5, 5.41) is 3.11. The highest BCUT2D eigenvalue weighted by atomic mass is 16.1. The fourth-order valence-corrected chi connectivity index (χ4v) is 1.98. The normalized spacial score (nSPS) is 24.3. The average Bonchev–Trinajstić information content (AvgIpc) is 2.30. The number of likely N-dealkylation sites (N-methyl/N-ethyl adjacent to an activating group) is 1. The van der Waals surface area contributed by atoms with Crippen LogP contribution in [0.3, 0.4) is 0 Å². The standard InChI is InChI=1S/C11H22N2O/c1-3-6-11(14)12-10-7-4-5-8-13(2)9-10/h10H,3-9H2,1-2H3,(H,12,14). The Morgan fingerprint density at radius 2 is 2.29 bits per heavy atom. The number of amides is 1. The number of hydrogen-bond acceptors (Lipinski definition) is 2. The minimum absolute atomic E-state index is 0.216. The third kappa shape index (κ3) is 4.09. The lowest BCUT2D eigenvalue weighted by Crippen LogP contribution is -2.41. The predicted molar refractivity (Wildman–Crippen MR) is 58.2 cm³/mol. The molecule has 1 aliphatic rings. The van der Waals surface area contributed by atoms with Crippen LogP contribution in [0.5, 0.6) is 0 Å². The Bertz CT molecular complexity index is 182. The van der Waals surface area contributed by atoms with Gasteiger partial charge >= 0.3 is 0 Å². The minimum atomic E-state index is 0.216. The summed E-state index contributed by atoms with van der Waals surface area (Å²) >= 11 is 0. The van der Waals surface area contributed by atoms with Crippen LogP contribution in [0.1, 0.15) is 39.0 Å². The molecule has 1 N–H and O–H groups in total. The van der Waals surface area contributed by atoms with E-state index in [1.165, 1.54) is 19.4 Å². The number of nitrogens with one attached hydrogen (secondary N) is 1. The first kappa shape index (κ1) is 11.5. The van der Waals surface area contributed by atoms with E-state index in [1.807, 2.05) is 6.92 Å². The van der Waals surface area contributed by atoms with Gasteiger partial charge in [0.25, 0.3) is 0 Å². The third-order valence-electron chi connectivity index (χ3n) is 2.72. The van der Waals surface area contributed by atoms with Gasteiger partial charge in [0, 0.05) is 19.0 Å². The van der Waals surface area contributed by atoms with E-state index in [2.05, 4.69) is 17.3 Å². The molecule has 1 heterocycles. The molecule has 3 heteroatoms. The van der Waals surface area contributed by atoms with E-state index >= 15 is 0 Å². The molecule has 1 fully saturated rings. The molecular formula is C11H22N2O. The van der Waals surface area contributed by atoms with E-state index in [4.69, 9.17) is 0 Å². The maximum Gasteiger partial charge on any atom is 0.220 e. The largest absolute Gasteiger partial charge is 0.352 e. The molecule has 0 bridgehead atoms. The van der Waals surface area contributed by atoms with Gasteiger partial charge < -0.3 is 10.2 Å². The molecule has 0 saturated carbocycles. The van der Waals surface area contributed by atoms with Crippen molar-refractivity contribution in [2.24, 2.45) is 0 Å². The number of carbonyl (C=O) groups excluding carboxylic acids is 1. The minimum Gasteiger partial charge on any atom is -0.352 e. The van der Waals surface area contributed by atoms with Crippen molar-refractivity contribution in [2.45, 2.75) is 45.1 Å². The van der Waals surface area contributed by atoms with Crippen molar-refractivity contribution in [3.8, 4) is 0 Å². The average molecular weight is 198 g/mol. The summed E-state index contributed by atoms with van der Waals surface area (Å²) in [5.74, 6) is 0.216. The van der Waals surface area contributed by atoms with Crippen molar-refractivity contribution in [3.05, 3.63) is 0 Å². The van der Waals surface area contributed by atoms with Crippen molar-refractivity contribution in [2.75, 3.05) is 20.1 Å². The first-order chi connectivity index (χ1) is 6.72. The number of hydrogen-bond donors (Lipinski definition) is 1. The highest BCUT2D eigenvalue weighted by Gasteiger charge is 2.16. The van der Waals surface area contributed by atoms with Crippen LogP contribution >= 0.6 is 0 Å². The van der Waals surface area contributed by atoms with Crippen LogP contribution in [0.2, 0.25) is 0 Å². The smallest absolute Gasteiger partial charge is 0.220 e. The van der Waals surface area contributed by atoms with Gasteiger partial charge in [-0.3, -0.25) is 4.79 Å². The van der Waals surface area contributed by atoms with Crippen LogP contribution in [0.4, 0.5) is 0 Å². The van der Waals surface area contributed by atoms with E-state index in [-0.39, 0.29) is 5.91 Å². The van der Waals surface area contributed by atoms with Crippen LogP contribution in [-0.4, -0.2) is 37.0 Å². The van der Waals surface area contributed by atoms with E-state index in [0.717, 1.165) is 19.4 Å². The Morgan fingerprint density at radius 3 is 3.00 bits per heavy atom. The topological polar surface area (TPSA) is 32.3 Å². The van der Waals surface area contributed by atoms with Crippen molar-refractivity contribution in [3.63, 3.8) is 0 Å². The lowest BCUT2D eigenvalue weighted by atomic mass is 10.1. The van der Waals surface area contributed by atoms with Crippen molar-refractivity contribution < 1.29 is 4.79 Å². The fourth-order valence-electron chi connectivity index (χ4n) is 1.98. The highest BCUT2D eigenvalue weighted by Crippen LogP contribution is 2.09. The molecule has 1 rings (SSSR count). The summed E-state index contributed by atoms with van der Waals surface area (Å²) in [6, 6.07) is 0.376. The second-order valence-electron chi connectivity index (χ2n) is 4.27. The molecule has 1 aliphatic heterocycles. The predicted octanol–water partition coefficient (Wildman–Crippen LogP) is 1.39. The summed E-state index contributed by atoms with van der Waals surface area (Å²) in [6.45, 7) is 4.22. The van der Waals surface area contributed by atoms with Crippen molar-refractivity contribution >= 4 is 5.91 Å². The molecule has 0 radical (unpaired) electrons. The fraction of sp³-hybridized carbons (Fsp3) is 0.909. The number of rotatable bonds is 3. The van der Waals surface area contributed by atoms with Gasteiger partial charge in [-0.25, -0.2) is 0 Å². The molecule has 82 valence electrons. The Morgan fingerprint density at radius 1 is 1.50 bits per heavy atom. The Hall–Kier alpha value is -0.570. The van der Waals surface area contributed by atoms with Gasteiger partial charge in [-0.05, 0) is 32.9 Å². The van der Waals surface area contributed by atoms with Crippen LogP contribution < -0.4 is 5.32 Å². The molecule has 0 aliphatic carbocycles. The van der Waals surface area contributed by atoms with Crippen LogP contribution in [0, 0.1) is 0 Å². The first-order valence-corrected chi connectivity index (χ1v) is 5.70. The van der Waals surface area contributed by atoms with Gasteiger partial charge in [0.15, 0.2) is 0 Å². The molecule has 0 spiro atoms. The second-order valence-corrected chi connectivity index (χ2v) is 4.27. The SMILES string of the molecule is CCCC(=O)NC1CCCCN(C)C1. The zero-order valence-electron chi connectivity index (χ0n) is 9.38. The number of carbonyl (C=O) groups is 1. The first-order valence-electron chi connectivity index (χ1n) is 5.70. The van der Waals surface area contributed by atoms with E-state index in [0.29, 0.717) is 12.5 Å². The van der Waals surface area contributed by atoms with Gasteiger partial charge in [0.05, 0.1) is 0 Å². The highest BCUT2D eigenvalue weighted by molar-refractivity contribution is 5.76. The van der Waals surface area contributed by atoms with E-state index < -0.39 is 0 Å². The van der Waals surface area contributed by atoms with Crippen molar-refractivity contribution in [1.29, 1.82) is 0 Å². The summed E-state index contributed by atoms with van der Waals surface area (Å²) in [4.78, 5) is 13.7. The summed E-state index contributed by atoms with van der Waals surface area (Å²) in [6.07, 6.45) is 5.24. The summed E-state index contributed by atoms with van der Waals surface area (Å²) in [7, 11) is 2.13. The molecule has 0 aromatic heterocycles. The van der Waals surface area contributed by atoms with E-state index in [9.17, 15) is 4.79 Å². The Balaban J connectivity index is 2.31. The molecule has 3 nitrogen and oxygen atoms in total. The maximum atomic E-state index is 11.4. The van der Waals surface area contributed by atoms with Gasteiger partial charge in [-0.2, -0.15) is 0 Å². The zero-order chi connectivity index (χ0) is 10.4. The Kier molecular flexibility index (Phi) is 4.94. The zero-order valence-corrected chi connectivity index (χ0v) is 9.38. The summed E-state index contributed by atoms with van der Waals surface area (Å²) in [5.41, 5.74) is 0. The second kappa shape index (κ2) is 6.02. The number of likely N-dealkylation sites (tertiary alicyclic amines) is 1. The molecule has 1 saturated heterocycles. The molecule has 0 aromatic rings.